The molecule has 2 aliphatic carbocycles. The van der Waals surface area contributed by atoms with Crippen LogP contribution in [0, 0.1) is 0 Å². The van der Waals surface area contributed by atoms with Gasteiger partial charge in [-0.15, -0.1) is 0 Å². The molecule has 0 amide bonds. The Balaban J connectivity index is 1.64. The van der Waals surface area contributed by atoms with Gasteiger partial charge in [-0.1, -0.05) is 103 Å². The van der Waals surface area contributed by atoms with Crippen LogP contribution in [-0.2, 0) is 5.41 Å². The van der Waals surface area contributed by atoms with Crippen LogP contribution in [0.5, 0.6) is 0 Å². The van der Waals surface area contributed by atoms with E-state index in [4.69, 9.17) is 16.0 Å². The molecule has 33 heavy (non-hydrogen) atoms. The van der Waals surface area contributed by atoms with E-state index in [1.807, 2.05) is 12.1 Å². The number of para-hydroxylation sites is 1. The molecule has 2 aliphatic rings. The van der Waals surface area contributed by atoms with E-state index in [2.05, 4.69) is 91.0 Å². The average Bonchev–Trinajstić information content (AvgIpc) is 3.49. The summed E-state index contributed by atoms with van der Waals surface area (Å²) in [5, 5.41) is 2.87. The Morgan fingerprint density at radius 3 is 1.85 bits per heavy atom. The van der Waals surface area contributed by atoms with Gasteiger partial charge in [-0.05, 0) is 56.6 Å². The van der Waals surface area contributed by atoms with Crippen molar-refractivity contribution in [1.29, 1.82) is 0 Å². The van der Waals surface area contributed by atoms with E-state index in [1.165, 1.54) is 44.5 Å². The summed E-state index contributed by atoms with van der Waals surface area (Å²) in [5.41, 5.74) is 11.8. The molecule has 5 aromatic carbocycles. The van der Waals surface area contributed by atoms with Gasteiger partial charge in [-0.2, -0.15) is 0 Å². The van der Waals surface area contributed by atoms with Gasteiger partial charge >= 0.3 is 0 Å². The zero-order chi connectivity index (χ0) is 21.7. The number of hydrogen-bond donors (Lipinski definition) is 0. The number of fused-ring (bicyclic) bond motifs is 14. The van der Waals surface area contributed by atoms with Gasteiger partial charge in [0.1, 0.15) is 5.58 Å². The van der Waals surface area contributed by atoms with E-state index in [0.29, 0.717) is 5.02 Å². The van der Waals surface area contributed by atoms with Crippen molar-refractivity contribution in [1.82, 2.24) is 0 Å². The van der Waals surface area contributed by atoms with E-state index in [-0.39, 0.29) is 5.41 Å². The van der Waals surface area contributed by atoms with Crippen LogP contribution in [0.15, 0.2) is 108 Å². The van der Waals surface area contributed by atoms with Crippen molar-refractivity contribution in [2.24, 2.45) is 0 Å². The third-order valence-corrected chi connectivity index (χ3v) is 7.87. The molecule has 1 nitrogen and oxygen atoms in total. The largest absolute Gasteiger partial charge is 0.454 e. The van der Waals surface area contributed by atoms with E-state index >= 15 is 0 Å². The minimum absolute atomic E-state index is 0.338. The Bertz CT molecular complexity index is 1740. The van der Waals surface area contributed by atoms with Gasteiger partial charge in [-0.25, -0.2) is 0 Å². The van der Waals surface area contributed by atoms with Gasteiger partial charge in [-0.3, -0.25) is 0 Å². The van der Waals surface area contributed by atoms with Gasteiger partial charge in [0, 0.05) is 10.8 Å². The molecule has 0 unspecified atom stereocenters. The summed E-state index contributed by atoms with van der Waals surface area (Å²) in [6.45, 7) is 0. The highest BCUT2D eigenvalue weighted by Gasteiger charge is 2.52. The van der Waals surface area contributed by atoms with Crippen molar-refractivity contribution in [2.75, 3.05) is 0 Å². The highest BCUT2D eigenvalue weighted by atomic mass is 35.5. The second-order valence-electron chi connectivity index (χ2n) is 8.97. The average molecular weight is 441 g/mol. The van der Waals surface area contributed by atoms with Crippen LogP contribution in [0.1, 0.15) is 22.3 Å². The van der Waals surface area contributed by atoms with Gasteiger partial charge in [0.05, 0.1) is 10.4 Å². The molecular weight excluding hydrogens is 424 g/mol. The summed E-state index contributed by atoms with van der Waals surface area (Å²) in [5.74, 6) is 0. The van der Waals surface area contributed by atoms with E-state index in [9.17, 15) is 0 Å². The zero-order valence-corrected chi connectivity index (χ0v) is 18.4. The predicted molar refractivity (Wildman–Crippen MR) is 135 cm³/mol. The Labute approximate surface area is 195 Å². The van der Waals surface area contributed by atoms with Gasteiger partial charge in [0.25, 0.3) is 0 Å². The predicted octanol–water partition coefficient (Wildman–Crippen LogP) is 8.58. The normalized spacial score (nSPS) is 14.5. The topological polar surface area (TPSA) is 13.1 Å². The third-order valence-electron chi connectivity index (χ3n) is 7.57. The molecule has 0 aliphatic heterocycles. The van der Waals surface area contributed by atoms with E-state index in [0.717, 1.165) is 21.9 Å². The first-order valence-corrected chi connectivity index (χ1v) is 11.6. The minimum Gasteiger partial charge on any atom is -0.454 e. The molecule has 0 bridgehead atoms. The lowest BCUT2D eigenvalue weighted by Gasteiger charge is -2.30. The molecule has 8 rings (SSSR count). The van der Waals surface area contributed by atoms with E-state index < -0.39 is 0 Å². The van der Waals surface area contributed by atoms with Crippen molar-refractivity contribution in [3.05, 3.63) is 130 Å². The van der Waals surface area contributed by atoms with E-state index in [1.54, 1.807) is 0 Å². The van der Waals surface area contributed by atoms with Crippen LogP contribution in [0.4, 0.5) is 0 Å². The Morgan fingerprint density at radius 2 is 1.15 bits per heavy atom. The lowest BCUT2D eigenvalue weighted by atomic mass is 9.70. The second kappa shape index (κ2) is 5.95. The molecule has 0 radical (unpaired) electrons. The molecule has 0 N–H and O–H groups in total. The summed E-state index contributed by atoms with van der Waals surface area (Å²) < 4.78 is 6.28. The lowest BCUT2D eigenvalue weighted by Crippen LogP contribution is -2.25. The molecule has 154 valence electrons. The molecule has 0 fully saturated rings. The molecule has 2 heteroatoms. The Morgan fingerprint density at radius 1 is 0.545 bits per heavy atom. The summed E-state index contributed by atoms with van der Waals surface area (Å²) >= 11 is 6.54. The Hall–Kier alpha value is -3.81. The highest BCUT2D eigenvalue weighted by molar-refractivity contribution is 6.36. The first kappa shape index (κ1) is 17.7. The fourth-order valence-electron chi connectivity index (χ4n) is 6.44. The van der Waals surface area contributed by atoms with Crippen LogP contribution in [0.3, 0.4) is 0 Å². The summed E-state index contributed by atoms with van der Waals surface area (Å²) in [4.78, 5) is 0. The fourth-order valence-corrected chi connectivity index (χ4v) is 6.65. The molecular formula is C31H17ClO. The number of halogens is 1. The maximum Gasteiger partial charge on any atom is 0.154 e. The number of hydrogen-bond acceptors (Lipinski definition) is 1. The monoisotopic (exact) mass is 440 g/mol. The van der Waals surface area contributed by atoms with Gasteiger partial charge in [0.15, 0.2) is 5.58 Å². The fraction of sp³-hybridized carbons (Fsp3) is 0.0323. The second-order valence-corrected chi connectivity index (χ2v) is 9.37. The van der Waals surface area contributed by atoms with Crippen LogP contribution in [0.2, 0.25) is 5.02 Å². The lowest BCUT2D eigenvalue weighted by molar-refractivity contribution is 0.668. The molecule has 0 atom stereocenters. The third kappa shape index (κ3) is 1.93. The highest BCUT2D eigenvalue weighted by Crippen LogP contribution is 2.64. The quantitative estimate of drug-likeness (QED) is 0.230. The smallest absolute Gasteiger partial charge is 0.154 e. The maximum atomic E-state index is 6.54. The van der Waals surface area contributed by atoms with Crippen LogP contribution in [-0.4, -0.2) is 0 Å². The maximum absolute atomic E-state index is 6.54. The molecule has 1 heterocycles. The number of rotatable bonds is 0. The van der Waals surface area contributed by atoms with Crippen LogP contribution >= 0.6 is 11.6 Å². The first-order chi connectivity index (χ1) is 16.3. The van der Waals surface area contributed by atoms with Crippen molar-refractivity contribution in [3.8, 4) is 22.3 Å². The molecule has 1 aromatic heterocycles. The van der Waals surface area contributed by atoms with Crippen molar-refractivity contribution in [2.45, 2.75) is 5.41 Å². The zero-order valence-electron chi connectivity index (χ0n) is 17.6. The molecule has 0 saturated carbocycles. The molecule has 6 aromatic rings. The van der Waals surface area contributed by atoms with Crippen molar-refractivity contribution in [3.63, 3.8) is 0 Å². The molecule has 0 saturated heterocycles. The number of furan rings is 1. The van der Waals surface area contributed by atoms with Gasteiger partial charge in [0.2, 0.25) is 0 Å². The van der Waals surface area contributed by atoms with Gasteiger partial charge < -0.3 is 4.42 Å². The van der Waals surface area contributed by atoms with Crippen LogP contribution < -0.4 is 0 Å². The summed E-state index contributed by atoms with van der Waals surface area (Å²) in [6.07, 6.45) is 0. The molecule has 1 spiro atoms. The SMILES string of the molecule is Clc1cccc2c1oc1ccc3c(c12)-c1ccccc1C31c2ccccc2-c2ccccc21. The van der Waals surface area contributed by atoms with Crippen molar-refractivity contribution >= 4 is 33.5 Å². The number of benzene rings is 5. The summed E-state index contributed by atoms with van der Waals surface area (Å²) in [6, 6.07) is 37.0. The van der Waals surface area contributed by atoms with Crippen molar-refractivity contribution < 1.29 is 4.42 Å². The Kier molecular flexibility index (Phi) is 3.19. The van der Waals surface area contributed by atoms with Crippen LogP contribution in [0.25, 0.3) is 44.2 Å². The minimum atomic E-state index is -0.338. The first-order valence-electron chi connectivity index (χ1n) is 11.2. The summed E-state index contributed by atoms with van der Waals surface area (Å²) in [7, 11) is 0. The standard InChI is InChI=1S/C31H17ClO/c32-26-15-7-11-21-29-27(33-30(21)26)17-16-25-28(29)20-10-3-6-14-24(20)31(25)22-12-4-1-8-18(22)19-9-2-5-13-23(19)31/h1-17H.